The molecular weight excluding hydrogens is 610 g/mol. The van der Waals surface area contributed by atoms with Crippen molar-refractivity contribution in [3.63, 3.8) is 0 Å². The predicted molar refractivity (Wildman–Crippen MR) is 165 cm³/mol. The largest absolute Gasteiger partial charge is 0.489 e. The summed E-state index contributed by atoms with van der Waals surface area (Å²) >= 11 is 11.3. The van der Waals surface area contributed by atoms with Gasteiger partial charge in [0.15, 0.2) is 0 Å². The Morgan fingerprint density at radius 3 is 2.60 bits per heavy atom. The number of anilines is 2. The summed E-state index contributed by atoms with van der Waals surface area (Å²) in [6, 6.07) is 20.5. The molecule has 1 atom stereocenters. The van der Waals surface area contributed by atoms with Crippen molar-refractivity contribution in [1.29, 1.82) is 0 Å². The first-order valence-electron chi connectivity index (χ1n) is 12.9. The zero-order chi connectivity index (χ0) is 28.2. The lowest BCUT2D eigenvalue weighted by atomic mass is 9.94. The summed E-state index contributed by atoms with van der Waals surface area (Å²) in [5.74, 6) is 1.89. The highest BCUT2D eigenvalue weighted by Gasteiger charge is 2.36. The summed E-state index contributed by atoms with van der Waals surface area (Å²) in [6.07, 6.45) is 1.00. The van der Waals surface area contributed by atoms with E-state index in [0.717, 1.165) is 33.3 Å². The molecule has 1 amide bonds. The number of nitrogens with one attached hydrogen (secondary N) is 2. The molecule has 40 heavy (non-hydrogen) atoms. The Morgan fingerprint density at radius 1 is 1.12 bits per heavy atom. The highest BCUT2D eigenvalue weighted by molar-refractivity contribution is 9.10. The highest BCUT2D eigenvalue weighted by Crippen LogP contribution is 2.41. The number of hydrogen-bond donors (Lipinski definition) is 2. The first kappa shape index (κ1) is 28.3. The van der Waals surface area contributed by atoms with Gasteiger partial charge in [-0.25, -0.2) is 4.68 Å². The Kier molecular flexibility index (Phi) is 8.83. The highest BCUT2D eigenvalue weighted by atomic mass is 79.9. The molecule has 7 nitrogen and oxygen atoms in total. The molecule has 2 heterocycles. The van der Waals surface area contributed by atoms with Gasteiger partial charge in [-0.3, -0.25) is 4.79 Å². The van der Waals surface area contributed by atoms with E-state index in [0.29, 0.717) is 45.4 Å². The predicted octanol–water partition coefficient (Wildman–Crippen LogP) is 8.01. The van der Waals surface area contributed by atoms with Crippen molar-refractivity contribution >= 4 is 56.8 Å². The average Bonchev–Trinajstić information content (AvgIpc) is 3.34. The molecule has 4 aromatic rings. The molecule has 0 bridgehead atoms. The van der Waals surface area contributed by atoms with Crippen LogP contribution >= 0.6 is 39.3 Å². The quantitative estimate of drug-likeness (QED) is 0.181. The number of rotatable bonds is 9. The molecular formula is C30H29BrClN5O2S. The minimum absolute atomic E-state index is 0.230. The van der Waals surface area contributed by atoms with Crippen LogP contribution in [0.15, 0.2) is 87.6 Å². The zero-order valence-electron chi connectivity index (χ0n) is 22.4. The van der Waals surface area contributed by atoms with Crippen LogP contribution in [0.25, 0.3) is 0 Å². The van der Waals surface area contributed by atoms with Crippen LogP contribution < -0.4 is 15.4 Å². The summed E-state index contributed by atoms with van der Waals surface area (Å²) < 4.78 is 8.99. The van der Waals surface area contributed by atoms with Gasteiger partial charge >= 0.3 is 0 Å². The van der Waals surface area contributed by atoms with Crippen LogP contribution in [0.2, 0.25) is 5.02 Å². The van der Waals surface area contributed by atoms with Crippen molar-refractivity contribution < 1.29 is 9.53 Å². The minimum atomic E-state index is -0.581. The number of carbonyl (C=O) groups excluding carboxylic acids is 1. The molecule has 1 unspecified atom stereocenters. The second-order valence-corrected chi connectivity index (χ2v) is 11.9. The lowest BCUT2D eigenvalue weighted by Crippen LogP contribution is -2.31. The lowest BCUT2D eigenvalue weighted by Gasteiger charge is -2.30. The van der Waals surface area contributed by atoms with Crippen molar-refractivity contribution in [2.24, 2.45) is 0 Å². The molecule has 5 rings (SSSR count). The number of halogens is 2. The van der Waals surface area contributed by atoms with Crippen molar-refractivity contribution in [3.8, 4) is 5.75 Å². The first-order chi connectivity index (χ1) is 19.3. The average molecular weight is 639 g/mol. The molecule has 3 aromatic carbocycles. The maximum atomic E-state index is 13.9. The number of aryl methyl sites for hydroxylation is 1. The van der Waals surface area contributed by atoms with Crippen LogP contribution in [0.1, 0.15) is 43.0 Å². The summed E-state index contributed by atoms with van der Waals surface area (Å²) in [5.41, 5.74) is 4.83. The number of amides is 1. The van der Waals surface area contributed by atoms with E-state index in [1.165, 1.54) is 0 Å². The van der Waals surface area contributed by atoms with E-state index in [4.69, 9.17) is 26.4 Å². The summed E-state index contributed by atoms with van der Waals surface area (Å²) in [4.78, 5) is 18.6. The SMILES string of the molecule is CCCSc1nc2n(n1)C(c1cc(Br)ccc1OCc1ccc(Cl)cc1)C(C(=O)Nc1ccc(C)cc1)=C(C)N2. The van der Waals surface area contributed by atoms with Crippen molar-refractivity contribution in [2.75, 3.05) is 16.4 Å². The maximum absolute atomic E-state index is 13.9. The van der Waals surface area contributed by atoms with E-state index in [2.05, 4.69) is 33.5 Å². The van der Waals surface area contributed by atoms with Crippen LogP contribution in [0.5, 0.6) is 5.75 Å². The Balaban J connectivity index is 1.57. The van der Waals surface area contributed by atoms with E-state index >= 15 is 0 Å². The molecule has 1 aromatic heterocycles. The number of thioether (sulfide) groups is 1. The summed E-state index contributed by atoms with van der Waals surface area (Å²) in [6.45, 7) is 6.36. The molecule has 0 spiro atoms. The molecule has 0 saturated heterocycles. The second kappa shape index (κ2) is 12.5. The Bertz CT molecular complexity index is 1550. The molecule has 1 aliphatic heterocycles. The van der Waals surface area contributed by atoms with Gasteiger partial charge in [-0.1, -0.05) is 76.0 Å². The third kappa shape index (κ3) is 6.37. The van der Waals surface area contributed by atoms with E-state index in [1.807, 2.05) is 80.6 Å². The Labute approximate surface area is 251 Å². The number of aromatic nitrogens is 3. The fourth-order valence-corrected chi connectivity index (χ4v) is 5.60. The molecule has 0 fully saturated rings. The number of ether oxygens (including phenoxy) is 1. The van der Waals surface area contributed by atoms with Crippen LogP contribution in [0.4, 0.5) is 11.6 Å². The fraction of sp³-hybridized carbons (Fsp3) is 0.233. The first-order valence-corrected chi connectivity index (χ1v) is 15.1. The molecule has 10 heteroatoms. The molecule has 0 radical (unpaired) electrons. The van der Waals surface area contributed by atoms with Gasteiger partial charge in [0.05, 0.1) is 5.57 Å². The van der Waals surface area contributed by atoms with Gasteiger partial charge in [0.2, 0.25) is 11.1 Å². The van der Waals surface area contributed by atoms with Gasteiger partial charge in [0, 0.05) is 32.2 Å². The minimum Gasteiger partial charge on any atom is -0.489 e. The smallest absolute Gasteiger partial charge is 0.255 e. The van der Waals surface area contributed by atoms with Crippen LogP contribution in [0, 0.1) is 6.92 Å². The fourth-order valence-electron chi connectivity index (χ4n) is 4.41. The zero-order valence-corrected chi connectivity index (χ0v) is 25.5. The normalized spacial score (nSPS) is 14.5. The van der Waals surface area contributed by atoms with E-state index < -0.39 is 6.04 Å². The van der Waals surface area contributed by atoms with Gasteiger partial charge in [0.1, 0.15) is 18.4 Å². The molecule has 1 aliphatic rings. The number of fused-ring (bicyclic) bond motifs is 1. The maximum Gasteiger partial charge on any atom is 0.255 e. The van der Waals surface area contributed by atoms with E-state index in [-0.39, 0.29) is 5.91 Å². The summed E-state index contributed by atoms with van der Waals surface area (Å²) in [7, 11) is 0. The van der Waals surface area contributed by atoms with Gasteiger partial charge in [0.25, 0.3) is 5.91 Å². The number of hydrogen-bond acceptors (Lipinski definition) is 6. The van der Waals surface area contributed by atoms with Gasteiger partial charge < -0.3 is 15.4 Å². The second-order valence-electron chi connectivity index (χ2n) is 9.49. The number of carbonyl (C=O) groups is 1. The Hall–Kier alpha value is -3.27. The van der Waals surface area contributed by atoms with Gasteiger partial charge in [-0.15, -0.1) is 5.10 Å². The molecule has 0 saturated carbocycles. The van der Waals surface area contributed by atoms with E-state index in [9.17, 15) is 4.79 Å². The summed E-state index contributed by atoms with van der Waals surface area (Å²) in [5, 5.41) is 12.5. The lowest BCUT2D eigenvalue weighted by molar-refractivity contribution is -0.113. The van der Waals surface area contributed by atoms with Crippen LogP contribution in [-0.2, 0) is 11.4 Å². The number of nitrogens with zero attached hydrogens (tertiary/aromatic N) is 3. The van der Waals surface area contributed by atoms with E-state index in [1.54, 1.807) is 16.4 Å². The standard InChI is InChI=1S/C30H29BrClN5O2S/c1-4-15-40-30-35-29-33-19(3)26(28(38)34-23-12-5-18(2)6-13-23)27(37(29)36-30)24-16-21(31)9-14-25(24)39-17-20-7-10-22(32)11-8-20/h5-14,16,27H,4,15,17H2,1-3H3,(H,34,38)(H,33,35,36). The van der Waals surface area contributed by atoms with Gasteiger partial charge in [-0.2, -0.15) is 4.98 Å². The molecule has 0 aliphatic carbocycles. The van der Waals surface area contributed by atoms with Crippen molar-refractivity contribution in [2.45, 2.75) is 45.0 Å². The van der Waals surface area contributed by atoms with Crippen molar-refractivity contribution in [1.82, 2.24) is 14.8 Å². The topological polar surface area (TPSA) is 81.1 Å². The Morgan fingerprint density at radius 2 is 1.88 bits per heavy atom. The monoisotopic (exact) mass is 637 g/mol. The third-order valence-corrected chi connectivity index (χ3v) is 8.19. The van der Waals surface area contributed by atoms with Crippen LogP contribution in [-0.4, -0.2) is 26.4 Å². The third-order valence-electron chi connectivity index (χ3n) is 6.40. The number of benzene rings is 3. The van der Waals surface area contributed by atoms with Gasteiger partial charge in [-0.05, 0) is 68.3 Å². The van der Waals surface area contributed by atoms with Crippen molar-refractivity contribution in [3.05, 3.63) is 104 Å². The molecule has 206 valence electrons. The molecule has 2 N–H and O–H groups in total. The van der Waals surface area contributed by atoms with Crippen LogP contribution in [0.3, 0.4) is 0 Å². The number of allylic oxidation sites excluding steroid dienone is 1.